The molecule has 2 N–H and O–H groups in total. The molecular weight excluding hydrogens is 446 g/mol. The Bertz CT molecular complexity index is 1130. The minimum absolute atomic E-state index is 0.0227. The molecule has 34 heavy (non-hydrogen) atoms. The highest BCUT2D eigenvalue weighted by molar-refractivity contribution is 5.77. The normalized spacial score (nSPS) is 12.0. The third kappa shape index (κ3) is 6.47. The molecule has 178 valence electrons. The van der Waals surface area contributed by atoms with Crippen LogP contribution in [-0.4, -0.2) is 52.2 Å². The summed E-state index contributed by atoms with van der Waals surface area (Å²) in [6, 6.07) is 12.6. The molecule has 1 aromatic heterocycles. The maximum atomic E-state index is 14.8. The fourth-order valence-corrected chi connectivity index (χ4v) is 3.13. The van der Waals surface area contributed by atoms with Gasteiger partial charge in [-0.1, -0.05) is 42.5 Å². The number of carboxylic acids is 1. The molecule has 0 fully saturated rings. The Morgan fingerprint density at radius 3 is 2.41 bits per heavy atom. The van der Waals surface area contributed by atoms with Gasteiger partial charge in [0.25, 0.3) is 5.92 Å². The van der Waals surface area contributed by atoms with Crippen molar-refractivity contribution in [2.24, 2.45) is 0 Å². The minimum atomic E-state index is -3.19. The number of alkyl halides is 2. The van der Waals surface area contributed by atoms with Gasteiger partial charge in [0, 0.05) is 44.3 Å². The number of nitrogens with one attached hydrogen (secondary N) is 1. The van der Waals surface area contributed by atoms with E-state index >= 15 is 0 Å². The zero-order valence-corrected chi connectivity index (χ0v) is 18.6. The number of aliphatic carboxylic acids is 1. The van der Waals surface area contributed by atoms with E-state index in [2.05, 4.69) is 15.3 Å². The standard InChI is InChI=1S/C24H24F2N4O4/c1-30(2)23(33)34-19-10-8-16(9-11-19)12-20(22(31)32)29-21-17(14-27-15-28-21)13-24(25,26)18-6-4-3-5-7-18/h3-11,14-15,20H,12-13H2,1-2H3,(H,31,32)(H,27,28,29)/t20-/m0/s1. The summed E-state index contributed by atoms with van der Waals surface area (Å²) in [5, 5.41) is 12.5. The zero-order valence-electron chi connectivity index (χ0n) is 18.6. The molecule has 2 aromatic carbocycles. The van der Waals surface area contributed by atoms with E-state index in [0.717, 1.165) is 0 Å². The molecule has 0 bridgehead atoms. The van der Waals surface area contributed by atoms with E-state index in [1.54, 1.807) is 44.4 Å². The molecule has 3 aromatic rings. The number of hydrogen-bond acceptors (Lipinski definition) is 6. The van der Waals surface area contributed by atoms with E-state index in [1.807, 2.05) is 0 Å². The van der Waals surface area contributed by atoms with Crippen LogP contribution in [0, 0.1) is 0 Å². The van der Waals surface area contributed by atoms with Gasteiger partial charge in [-0.3, -0.25) is 0 Å². The Morgan fingerprint density at radius 2 is 1.79 bits per heavy atom. The molecule has 8 nitrogen and oxygen atoms in total. The van der Waals surface area contributed by atoms with Crippen LogP contribution in [0.5, 0.6) is 5.75 Å². The van der Waals surface area contributed by atoms with Gasteiger partial charge in [0.15, 0.2) is 0 Å². The molecule has 1 atom stereocenters. The quantitative estimate of drug-likeness (QED) is 0.487. The number of carbonyl (C=O) groups is 2. The largest absolute Gasteiger partial charge is 0.480 e. The predicted molar refractivity (Wildman–Crippen MR) is 121 cm³/mol. The molecule has 0 saturated carbocycles. The topological polar surface area (TPSA) is 105 Å². The first-order valence-electron chi connectivity index (χ1n) is 10.4. The van der Waals surface area contributed by atoms with Crippen LogP contribution in [0.4, 0.5) is 19.4 Å². The monoisotopic (exact) mass is 470 g/mol. The number of aromatic nitrogens is 2. The molecule has 10 heteroatoms. The van der Waals surface area contributed by atoms with Crippen molar-refractivity contribution in [2.45, 2.75) is 24.8 Å². The second-order valence-corrected chi connectivity index (χ2v) is 7.79. The van der Waals surface area contributed by atoms with E-state index in [9.17, 15) is 23.5 Å². The predicted octanol–water partition coefficient (Wildman–Crippen LogP) is 3.98. The van der Waals surface area contributed by atoms with Gasteiger partial charge in [0.1, 0.15) is 23.9 Å². The summed E-state index contributed by atoms with van der Waals surface area (Å²) in [5.74, 6) is -4.04. The summed E-state index contributed by atoms with van der Waals surface area (Å²) < 4.78 is 34.8. The minimum Gasteiger partial charge on any atom is -0.480 e. The lowest BCUT2D eigenvalue weighted by Crippen LogP contribution is -2.32. The van der Waals surface area contributed by atoms with E-state index in [1.165, 1.54) is 41.7 Å². The number of benzene rings is 2. The van der Waals surface area contributed by atoms with Gasteiger partial charge in [-0.2, -0.15) is 0 Å². The fourth-order valence-electron chi connectivity index (χ4n) is 3.13. The Labute approximate surface area is 195 Å². The Morgan fingerprint density at radius 1 is 1.12 bits per heavy atom. The molecule has 0 aliphatic rings. The lowest BCUT2D eigenvalue weighted by atomic mass is 10.0. The number of ether oxygens (including phenoxy) is 1. The van der Waals surface area contributed by atoms with E-state index in [-0.39, 0.29) is 23.4 Å². The third-order valence-corrected chi connectivity index (χ3v) is 4.94. The van der Waals surface area contributed by atoms with Gasteiger partial charge in [-0.15, -0.1) is 0 Å². The molecule has 0 aliphatic heterocycles. The van der Waals surface area contributed by atoms with Crippen LogP contribution < -0.4 is 10.1 Å². The number of anilines is 1. The number of amides is 1. The highest BCUT2D eigenvalue weighted by Crippen LogP contribution is 2.33. The Balaban J connectivity index is 1.74. The second kappa shape index (κ2) is 10.7. The first-order valence-corrected chi connectivity index (χ1v) is 10.4. The van der Waals surface area contributed by atoms with Crippen LogP contribution in [-0.2, 0) is 23.6 Å². The molecule has 0 aliphatic carbocycles. The summed E-state index contributed by atoms with van der Waals surface area (Å²) in [6.07, 6.45) is 1.22. The van der Waals surface area contributed by atoms with Gasteiger partial charge < -0.3 is 20.1 Å². The van der Waals surface area contributed by atoms with Gasteiger partial charge in [-0.25, -0.2) is 28.3 Å². The fraction of sp³-hybridized carbons (Fsp3) is 0.250. The van der Waals surface area contributed by atoms with Crippen LogP contribution in [0.1, 0.15) is 16.7 Å². The number of rotatable bonds is 9. The van der Waals surface area contributed by atoms with Crippen molar-refractivity contribution >= 4 is 17.9 Å². The lowest BCUT2D eigenvalue weighted by molar-refractivity contribution is -0.137. The Hall–Kier alpha value is -4.08. The zero-order chi connectivity index (χ0) is 24.7. The Kier molecular flexibility index (Phi) is 7.72. The van der Waals surface area contributed by atoms with E-state index in [0.29, 0.717) is 11.3 Å². The third-order valence-electron chi connectivity index (χ3n) is 4.94. The molecule has 0 unspecified atom stereocenters. The molecule has 3 rings (SSSR count). The first-order chi connectivity index (χ1) is 16.2. The summed E-state index contributed by atoms with van der Waals surface area (Å²) in [6.45, 7) is 0. The van der Waals surface area contributed by atoms with Gasteiger partial charge >= 0.3 is 12.1 Å². The van der Waals surface area contributed by atoms with Crippen LogP contribution in [0.15, 0.2) is 67.1 Å². The van der Waals surface area contributed by atoms with Crippen LogP contribution in [0.3, 0.4) is 0 Å². The maximum Gasteiger partial charge on any atom is 0.414 e. The summed E-state index contributed by atoms with van der Waals surface area (Å²) in [4.78, 5) is 32.6. The highest BCUT2D eigenvalue weighted by Gasteiger charge is 2.33. The van der Waals surface area contributed by atoms with Crippen molar-refractivity contribution in [3.63, 3.8) is 0 Å². The average Bonchev–Trinajstić information content (AvgIpc) is 2.81. The molecule has 0 saturated heterocycles. The number of carbonyl (C=O) groups excluding carboxylic acids is 1. The first kappa shape index (κ1) is 24.6. The van der Waals surface area contributed by atoms with Crippen LogP contribution in [0.2, 0.25) is 0 Å². The summed E-state index contributed by atoms with van der Waals surface area (Å²) in [7, 11) is 3.11. The molecule has 1 amide bonds. The highest BCUT2D eigenvalue weighted by atomic mass is 19.3. The van der Waals surface area contributed by atoms with Gasteiger partial charge in [0.2, 0.25) is 0 Å². The lowest BCUT2D eigenvalue weighted by Gasteiger charge is -2.21. The summed E-state index contributed by atoms with van der Waals surface area (Å²) in [5.41, 5.74) is 0.568. The smallest absolute Gasteiger partial charge is 0.414 e. The maximum absolute atomic E-state index is 14.8. The molecular formula is C24H24F2N4O4. The number of hydrogen-bond donors (Lipinski definition) is 2. The number of nitrogens with zero attached hydrogens (tertiary/aromatic N) is 3. The van der Waals surface area contributed by atoms with Crippen molar-refractivity contribution < 1.29 is 28.2 Å². The van der Waals surface area contributed by atoms with E-state index < -0.39 is 30.4 Å². The molecule has 0 spiro atoms. The van der Waals surface area contributed by atoms with E-state index in [4.69, 9.17) is 4.74 Å². The summed E-state index contributed by atoms with van der Waals surface area (Å²) >= 11 is 0. The van der Waals surface area contributed by atoms with Crippen molar-refractivity contribution in [1.82, 2.24) is 14.9 Å². The average molecular weight is 470 g/mol. The van der Waals surface area contributed by atoms with Gasteiger partial charge in [0.05, 0.1) is 0 Å². The van der Waals surface area contributed by atoms with Crippen molar-refractivity contribution in [3.8, 4) is 5.75 Å². The van der Waals surface area contributed by atoms with Crippen LogP contribution >= 0.6 is 0 Å². The van der Waals surface area contributed by atoms with Crippen molar-refractivity contribution in [3.05, 3.63) is 83.8 Å². The number of carboxylic acid groups (broad SMARTS) is 1. The molecule has 1 heterocycles. The van der Waals surface area contributed by atoms with Gasteiger partial charge in [-0.05, 0) is 17.7 Å². The SMILES string of the molecule is CN(C)C(=O)Oc1ccc(C[C@H](Nc2ncncc2CC(F)(F)c2ccccc2)C(=O)O)cc1. The molecule has 0 radical (unpaired) electrons. The van der Waals surface area contributed by atoms with Crippen molar-refractivity contribution in [2.75, 3.05) is 19.4 Å². The van der Waals surface area contributed by atoms with Crippen LogP contribution in [0.25, 0.3) is 0 Å². The number of halogens is 2. The van der Waals surface area contributed by atoms with Crippen molar-refractivity contribution in [1.29, 1.82) is 0 Å². The second-order valence-electron chi connectivity index (χ2n) is 7.79.